The topological polar surface area (TPSA) is 127 Å². The highest BCUT2D eigenvalue weighted by atomic mass is 35.5. The fourth-order valence-corrected chi connectivity index (χ4v) is 3.48. The van der Waals surface area contributed by atoms with E-state index in [0.717, 1.165) is 69.1 Å². The van der Waals surface area contributed by atoms with Gasteiger partial charge < -0.3 is 31.2 Å². The summed E-state index contributed by atoms with van der Waals surface area (Å²) in [6.45, 7) is 6.89. The Balaban J connectivity index is 0. The number of anilines is 2. The molecule has 0 aliphatic heterocycles. The number of rotatable bonds is 17. The van der Waals surface area contributed by atoms with Crippen LogP contribution in [-0.2, 0) is 16.1 Å². The molecule has 0 spiro atoms. The highest BCUT2D eigenvalue weighted by Gasteiger charge is 2.19. The van der Waals surface area contributed by atoms with Gasteiger partial charge >= 0.3 is 12.1 Å². The molecule has 0 radical (unpaired) electrons. The van der Waals surface area contributed by atoms with Crippen molar-refractivity contribution >= 4 is 60.7 Å². The molecule has 0 fully saturated rings. The second kappa shape index (κ2) is 23.4. The Labute approximate surface area is 255 Å². The molecule has 228 valence electrons. The number of hydrogen-bond acceptors (Lipinski definition) is 8. The van der Waals surface area contributed by atoms with Gasteiger partial charge in [0.25, 0.3) is 0 Å². The Bertz CT molecular complexity index is 987. The van der Waals surface area contributed by atoms with Gasteiger partial charge in [-0.05, 0) is 83.0 Å². The van der Waals surface area contributed by atoms with Gasteiger partial charge in [0.1, 0.15) is 12.4 Å². The molecule has 2 aromatic rings. The van der Waals surface area contributed by atoms with E-state index in [1.807, 2.05) is 31.2 Å². The summed E-state index contributed by atoms with van der Waals surface area (Å²) in [7, 11) is 1.19. The third-order valence-corrected chi connectivity index (χ3v) is 5.60. The van der Waals surface area contributed by atoms with Crippen molar-refractivity contribution in [3.8, 4) is 0 Å². The molecule has 0 saturated heterocycles. The van der Waals surface area contributed by atoms with Gasteiger partial charge in [0, 0.05) is 6.54 Å². The van der Waals surface area contributed by atoms with Crippen LogP contribution in [0.25, 0.3) is 0 Å². The van der Waals surface area contributed by atoms with Gasteiger partial charge in [-0.1, -0.05) is 29.8 Å². The quantitative estimate of drug-likeness (QED) is 0.122. The SMILES string of the molecule is COC(=O)c1cc(F)c(NCCCNCCCCNCCCN)cc1NC(=O)OCc1ccc(C)cc1.Cl.Cl.Cl. The molecule has 2 aromatic carbocycles. The van der Waals surface area contributed by atoms with Crippen molar-refractivity contribution in [1.82, 2.24) is 10.6 Å². The molecular formula is C27H43Cl3FN5O4. The zero-order valence-corrected chi connectivity index (χ0v) is 25.5. The maximum absolute atomic E-state index is 14.6. The molecule has 0 heterocycles. The molecule has 6 N–H and O–H groups in total. The minimum atomic E-state index is -0.766. The number of ether oxygens (including phenoxy) is 2. The first-order valence-corrected chi connectivity index (χ1v) is 12.7. The number of hydrogen-bond donors (Lipinski definition) is 5. The van der Waals surface area contributed by atoms with Crippen molar-refractivity contribution < 1.29 is 23.5 Å². The van der Waals surface area contributed by atoms with E-state index in [9.17, 15) is 14.0 Å². The Morgan fingerprint density at radius 3 is 2.05 bits per heavy atom. The highest BCUT2D eigenvalue weighted by Crippen LogP contribution is 2.26. The van der Waals surface area contributed by atoms with E-state index in [-0.39, 0.29) is 60.8 Å². The zero-order chi connectivity index (χ0) is 26.9. The normalized spacial score (nSPS) is 9.90. The Kier molecular flexibility index (Phi) is 23.3. The van der Waals surface area contributed by atoms with Gasteiger partial charge in [0.15, 0.2) is 0 Å². The van der Waals surface area contributed by atoms with E-state index < -0.39 is 17.9 Å². The molecule has 40 heavy (non-hydrogen) atoms. The number of carbonyl (C=O) groups is 2. The van der Waals surface area contributed by atoms with E-state index in [4.69, 9.17) is 15.2 Å². The Morgan fingerprint density at radius 2 is 1.45 bits per heavy atom. The predicted molar refractivity (Wildman–Crippen MR) is 166 cm³/mol. The van der Waals surface area contributed by atoms with E-state index in [1.54, 1.807) is 0 Å². The summed E-state index contributed by atoms with van der Waals surface area (Å²) >= 11 is 0. The van der Waals surface area contributed by atoms with Crippen molar-refractivity contribution in [1.29, 1.82) is 0 Å². The van der Waals surface area contributed by atoms with Gasteiger partial charge in [-0.25, -0.2) is 14.0 Å². The second-order valence-corrected chi connectivity index (χ2v) is 8.69. The number of aryl methyl sites for hydroxylation is 1. The summed E-state index contributed by atoms with van der Waals surface area (Å²) in [6, 6.07) is 9.98. The number of carbonyl (C=O) groups excluding carboxylic acids is 2. The van der Waals surface area contributed by atoms with Gasteiger partial charge in [-0.15, -0.1) is 37.2 Å². The molecule has 0 aliphatic rings. The fourth-order valence-electron chi connectivity index (χ4n) is 3.48. The second-order valence-electron chi connectivity index (χ2n) is 8.69. The number of unbranched alkanes of at least 4 members (excludes halogenated alkanes) is 1. The number of benzene rings is 2. The standard InChI is InChI=1S/C27H40FN5O4.3ClH/c1-20-7-9-21(10-8-20)19-37-27(35)33-24-18-25(23(28)17-22(24)26(34)36-2)32-16-6-15-31-13-4-3-12-30-14-5-11-29;;;/h7-10,17-18,30-32H,3-6,11-16,19,29H2,1-2H3,(H,33,35);3*1H. The fraction of sp³-hybridized carbons (Fsp3) is 0.481. The van der Waals surface area contributed by atoms with Gasteiger partial charge in [0.05, 0.1) is 24.0 Å². The van der Waals surface area contributed by atoms with Crippen molar-refractivity contribution in [3.05, 3.63) is 58.9 Å². The summed E-state index contributed by atoms with van der Waals surface area (Å²) in [6.07, 6.45) is 3.17. The van der Waals surface area contributed by atoms with Crippen molar-refractivity contribution in [2.45, 2.75) is 39.2 Å². The average molecular weight is 627 g/mol. The third kappa shape index (κ3) is 15.4. The lowest BCUT2D eigenvalue weighted by Crippen LogP contribution is -2.22. The molecule has 0 aromatic heterocycles. The van der Waals surface area contributed by atoms with Crippen molar-refractivity contribution in [2.24, 2.45) is 5.73 Å². The lowest BCUT2D eigenvalue weighted by Gasteiger charge is -2.14. The van der Waals surface area contributed by atoms with Gasteiger partial charge in [0.2, 0.25) is 0 Å². The van der Waals surface area contributed by atoms with Crippen LogP contribution in [0.4, 0.5) is 20.6 Å². The van der Waals surface area contributed by atoms with Crippen LogP contribution in [0, 0.1) is 12.7 Å². The molecule has 13 heteroatoms. The summed E-state index contributed by atoms with van der Waals surface area (Å²) in [4.78, 5) is 24.5. The lowest BCUT2D eigenvalue weighted by molar-refractivity contribution is 0.0601. The number of nitrogens with one attached hydrogen (secondary N) is 4. The Hall–Kier alpha value is -2.34. The van der Waals surface area contributed by atoms with E-state index >= 15 is 0 Å². The maximum atomic E-state index is 14.6. The molecule has 0 aliphatic carbocycles. The molecule has 0 bridgehead atoms. The number of amides is 1. The first-order chi connectivity index (χ1) is 17.9. The zero-order valence-electron chi connectivity index (χ0n) is 23.1. The monoisotopic (exact) mass is 625 g/mol. The minimum absolute atomic E-state index is 0. The van der Waals surface area contributed by atoms with Crippen LogP contribution < -0.4 is 27.0 Å². The van der Waals surface area contributed by atoms with Crippen LogP contribution in [0.5, 0.6) is 0 Å². The number of esters is 1. The molecule has 2 rings (SSSR count). The van der Waals surface area contributed by atoms with Crippen LogP contribution in [0.2, 0.25) is 0 Å². The van der Waals surface area contributed by atoms with Gasteiger partial charge in [-0.3, -0.25) is 5.32 Å². The summed E-state index contributed by atoms with van der Waals surface area (Å²) in [5, 5.41) is 12.3. The van der Waals surface area contributed by atoms with Crippen LogP contribution in [0.3, 0.4) is 0 Å². The molecule has 9 nitrogen and oxygen atoms in total. The molecule has 1 amide bonds. The number of halogens is 4. The first-order valence-electron chi connectivity index (χ1n) is 12.7. The van der Waals surface area contributed by atoms with E-state index in [0.29, 0.717) is 13.1 Å². The van der Waals surface area contributed by atoms with Crippen LogP contribution in [-0.4, -0.2) is 58.4 Å². The van der Waals surface area contributed by atoms with Crippen LogP contribution in [0.1, 0.15) is 47.2 Å². The summed E-state index contributed by atoms with van der Waals surface area (Å²) < 4.78 is 24.6. The number of methoxy groups -OCH3 is 1. The van der Waals surface area contributed by atoms with Crippen molar-refractivity contribution in [2.75, 3.05) is 57.0 Å². The largest absolute Gasteiger partial charge is 0.465 e. The van der Waals surface area contributed by atoms with Crippen LogP contribution >= 0.6 is 37.2 Å². The van der Waals surface area contributed by atoms with E-state index in [1.165, 1.54) is 13.2 Å². The smallest absolute Gasteiger partial charge is 0.411 e. The summed E-state index contributed by atoms with van der Waals surface area (Å²) in [5.74, 6) is -1.38. The number of nitrogens with two attached hydrogens (primary N) is 1. The summed E-state index contributed by atoms with van der Waals surface area (Å²) in [5.41, 5.74) is 7.55. The van der Waals surface area contributed by atoms with Gasteiger partial charge in [-0.2, -0.15) is 0 Å². The average Bonchev–Trinajstić information content (AvgIpc) is 2.90. The Morgan fingerprint density at radius 1 is 0.850 bits per heavy atom. The first kappa shape index (κ1) is 39.8. The molecule has 0 unspecified atom stereocenters. The van der Waals surface area contributed by atoms with Crippen LogP contribution in [0.15, 0.2) is 36.4 Å². The third-order valence-electron chi connectivity index (χ3n) is 5.60. The minimum Gasteiger partial charge on any atom is -0.465 e. The molecular weight excluding hydrogens is 584 g/mol. The molecule has 0 atom stereocenters. The predicted octanol–water partition coefficient (Wildman–Crippen LogP) is 5.05. The van der Waals surface area contributed by atoms with E-state index in [2.05, 4.69) is 21.3 Å². The lowest BCUT2D eigenvalue weighted by atomic mass is 10.1. The highest BCUT2D eigenvalue weighted by molar-refractivity contribution is 6.00. The maximum Gasteiger partial charge on any atom is 0.411 e. The molecule has 0 saturated carbocycles. The van der Waals surface area contributed by atoms with Crippen molar-refractivity contribution in [3.63, 3.8) is 0 Å².